The lowest BCUT2D eigenvalue weighted by Gasteiger charge is -2.13. The van der Waals surface area contributed by atoms with Crippen LogP contribution in [0, 0.1) is 11.6 Å². The molecule has 0 fully saturated rings. The first-order valence-corrected chi connectivity index (χ1v) is 5.40. The molecule has 0 bridgehead atoms. The lowest BCUT2D eigenvalue weighted by molar-refractivity contribution is 0.511. The average Bonchev–Trinajstić information content (AvgIpc) is 2.33. The summed E-state index contributed by atoms with van der Waals surface area (Å²) >= 11 is 0. The predicted octanol–water partition coefficient (Wildman–Crippen LogP) is 3.65. The minimum absolute atomic E-state index is 0.228. The quantitative estimate of drug-likeness (QED) is 0.841. The van der Waals surface area contributed by atoms with Crippen molar-refractivity contribution in [2.45, 2.75) is 13.0 Å². The zero-order valence-electron chi connectivity index (χ0n) is 9.45. The molecule has 1 nitrogen and oxygen atoms in total. The fourth-order valence-corrected chi connectivity index (χ4v) is 1.85. The largest absolute Gasteiger partial charge is 0.324 e. The van der Waals surface area contributed by atoms with Gasteiger partial charge < -0.3 is 5.73 Å². The van der Waals surface area contributed by atoms with Gasteiger partial charge in [0.25, 0.3) is 0 Å². The van der Waals surface area contributed by atoms with E-state index in [1.54, 1.807) is 18.2 Å². The fraction of sp³-hybridized carbons (Fsp3) is 0.143. The molecular formula is C14H13F2N. The van der Waals surface area contributed by atoms with Gasteiger partial charge in [-0.1, -0.05) is 36.4 Å². The maximum absolute atomic E-state index is 13.7. The summed E-state index contributed by atoms with van der Waals surface area (Å²) in [6, 6.07) is 11.1. The Kier molecular flexibility index (Phi) is 3.20. The first kappa shape index (κ1) is 11.7. The van der Waals surface area contributed by atoms with E-state index in [1.165, 1.54) is 6.07 Å². The highest BCUT2D eigenvalue weighted by molar-refractivity contribution is 5.68. The van der Waals surface area contributed by atoms with Gasteiger partial charge >= 0.3 is 0 Å². The SMILES string of the molecule is CC(N)c1ccccc1-c1cccc(F)c1F. The van der Waals surface area contributed by atoms with Gasteiger partial charge in [-0.05, 0) is 24.1 Å². The molecule has 0 radical (unpaired) electrons. The molecule has 3 heteroatoms. The highest BCUT2D eigenvalue weighted by Gasteiger charge is 2.14. The molecule has 2 aromatic carbocycles. The van der Waals surface area contributed by atoms with Gasteiger partial charge in [0, 0.05) is 11.6 Å². The van der Waals surface area contributed by atoms with Crippen LogP contribution in [0.2, 0.25) is 0 Å². The van der Waals surface area contributed by atoms with Crippen LogP contribution < -0.4 is 5.73 Å². The minimum Gasteiger partial charge on any atom is -0.324 e. The Hall–Kier alpha value is -1.74. The van der Waals surface area contributed by atoms with E-state index in [2.05, 4.69) is 0 Å². The normalized spacial score (nSPS) is 12.5. The summed E-state index contributed by atoms with van der Waals surface area (Å²) in [5.41, 5.74) is 7.51. The summed E-state index contributed by atoms with van der Waals surface area (Å²) in [6.45, 7) is 1.82. The van der Waals surface area contributed by atoms with E-state index in [0.29, 0.717) is 5.56 Å². The second kappa shape index (κ2) is 4.63. The van der Waals surface area contributed by atoms with Gasteiger partial charge in [-0.3, -0.25) is 0 Å². The summed E-state index contributed by atoms with van der Waals surface area (Å²) in [5, 5.41) is 0. The van der Waals surface area contributed by atoms with E-state index in [9.17, 15) is 8.78 Å². The second-order valence-electron chi connectivity index (χ2n) is 3.98. The summed E-state index contributed by atoms with van der Waals surface area (Å²) in [6.07, 6.45) is 0. The highest BCUT2D eigenvalue weighted by Crippen LogP contribution is 2.30. The molecule has 0 aromatic heterocycles. The molecule has 0 aliphatic rings. The van der Waals surface area contributed by atoms with Crippen molar-refractivity contribution >= 4 is 0 Å². The van der Waals surface area contributed by atoms with E-state index in [-0.39, 0.29) is 11.6 Å². The van der Waals surface area contributed by atoms with Gasteiger partial charge in [0.15, 0.2) is 11.6 Å². The van der Waals surface area contributed by atoms with E-state index in [1.807, 2.05) is 19.1 Å². The number of halogens is 2. The summed E-state index contributed by atoms with van der Waals surface area (Å²) in [7, 11) is 0. The number of hydrogen-bond donors (Lipinski definition) is 1. The van der Waals surface area contributed by atoms with Crippen LogP contribution in [0.25, 0.3) is 11.1 Å². The van der Waals surface area contributed by atoms with Crippen LogP contribution in [0.4, 0.5) is 8.78 Å². The van der Waals surface area contributed by atoms with Crippen LogP contribution in [0.3, 0.4) is 0 Å². The molecule has 0 heterocycles. The number of nitrogens with two attached hydrogens (primary N) is 1. The van der Waals surface area contributed by atoms with Crippen LogP contribution in [-0.4, -0.2) is 0 Å². The van der Waals surface area contributed by atoms with Crippen molar-refractivity contribution in [1.29, 1.82) is 0 Å². The highest BCUT2D eigenvalue weighted by atomic mass is 19.2. The van der Waals surface area contributed by atoms with Gasteiger partial charge in [-0.2, -0.15) is 0 Å². The van der Waals surface area contributed by atoms with Crippen LogP contribution >= 0.6 is 0 Å². The molecule has 0 aliphatic heterocycles. The van der Waals surface area contributed by atoms with Gasteiger partial charge in [0.05, 0.1) is 0 Å². The molecule has 0 saturated carbocycles. The molecule has 2 rings (SSSR count). The van der Waals surface area contributed by atoms with Crippen molar-refractivity contribution in [2.75, 3.05) is 0 Å². The smallest absolute Gasteiger partial charge is 0.166 e. The van der Waals surface area contributed by atoms with E-state index < -0.39 is 11.6 Å². The second-order valence-corrected chi connectivity index (χ2v) is 3.98. The Balaban J connectivity index is 2.64. The zero-order chi connectivity index (χ0) is 12.4. The predicted molar refractivity (Wildman–Crippen MR) is 64.4 cm³/mol. The molecule has 0 aliphatic carbocycles. The van der Waals surface area contributed by atoms with Crippen molar-refractivity contribution in [2.24, 2.45) is 5.73 Å². The third kappa shape index (κ3) is 2.19. The Morgan fingerprint density at radius 3 is 2.29 bits per heavy atom. The summed E-state index contributed by atoms with van der Waals surface area (Å²) < 4.78 is 26.9. The molecule has 2 aromatic rings. The van der Waals surface area contributed by atoms with Crippen LogP contribution in [0.15, 0.2) is 42.5 Å². The number of benzene rings is 2. The van der Waals surface area contributed by atoms with Gasteiger partial charge in [-0.15, -0.1) is 0 Å². The van der Waals surface area contributed by atoms with Gasteiger partial charge in [0.1, 0.15) is 0 Å². The van der Waals surface area contributed by atoms with Crippen LogP contribution in [0.1, 0.15) is 18.5 Å². The zero-order valence-corrected chi connectivity index (χ0v) is 9.45. The summed E-state index contributed by atoms with van der Waals surface area (Å²) in [5.74, 6) is -1.68. The lowest BCUT2D eigenvalue weighted by Crippen LogP contribution is -2.07. The molecular weight excluding hydrogens is 220 g/mol. The minimum atomic E-state index is -0.845. The lowest BCUT2D eigenvalue weighted by atomic mass is 9.95. The number of rotatable bonds is 2. The van der Waals surface area contributed by atoms with E-state index in [0.717, 1.165) is 11.6 Å². The topological polar surface area (TPSA) is 26.0 Å². The van der Waals surface area contributed by atoms with Crippen molar-refractivity contribution < 1.29 is 8.78 Å². The standard InChI is InChI=1S/C14H13F2N/c1-9(17)10-5-2-3-6-11(10)12-7-4-8-13(15)14(12)16/h2-9H,17H2,1H3. The maximum Gasteiger partial charge on any atom is 0.166 e. The van der Waals surface area contributed by atoms with Crippen LogP contribution in [0.5, 0.6) is 0 Å². The van der Waals surface area contributed by atoms with Crippen LogP contribution in [-0.2, 0) is 0 Å². The molecule has 1 unspecified atom stereocenters. The van der Waals surface area contributed by atoms with Gasteiger partial charge in [-0.25, -0.2) is 8.78 Å². The Labute approximate surface area is 98.9 Å². The molecule has 88 valence electrons. The third-order valence-corrected chi connectivity index (χ3v) is 2.69. The van der Waals surface area contributed by atoms with Crippen molar-refractivity contribution in [3.8, 4) is 11.1 Å². The molecule has 2 N–H and O–H groups in total. The first-order valence-electron chi connectivity index (χ1n) is 5.40. The molecule has 17 heavy (non-hydrogen) atoms. The van der Waals surface area contributed by atoms with Gasteiger partial charge in [0.2, 0.25) is 0 Å². The van der Waals surface area contributed by atoms with E-state index >= 15 is 0 Å². The number of hydrogen-bond acceptors (Lipinski definition) is 1. The average molecular weight is 233 g/mol. The Morgan fingerprint density at radius 2 is 1.59 bits per heavy atom. The van der Waals surface area contributed by atoms with E-state index in [4.69, 9.17) is 5.73 Å². The molecule has 0 amide bonds. The molecule has 1 atom stereocenters. The van der Waals surface area contributed by atoms with Crippen molar-refractivity contribution in [1.82, 2.24) is 0 Å². The monoisotopic (exact) mass is 233 g/mol. The maximum atomic E-state index is 13.7. The fourth-order valence-electron chi connectivity index (χ4n) is 1.85. The van der Waals surface area contributed by atoms with Crippen molar-refractivity contribution in [3.05, 3.63) is 59.7 Å². The molecule has 0 saturated heterocycles. The first-order chi connectivity index (χ1) is 8.11. The molecule has 0 spiro atoms. The van der Waals surface area contributed by atoms with Crippen molar-refractivity contribution in [3.63, 3.8) is 0 Å². The Bertz CT molecular complexity index is 535. The Morgan fingerprint density at radius 1 is 0.941 bits per heavy atom. The summed E-state index contributed by atoms with van der Waals surface area (Å²) in [4.78, 5) is 0. The third-order valence-electron chi connectivity index (χ3n) is 2.69.